The number of piperidine rings is 1. The lowest BCUT2D eigenvalue weighted by Gasteiger charge is -2.32. The number of hydrogen-bond donors (Lipinski definition) is 1. The number of amides is 1. The Morgan fingerprint density at radius 3 is 2.80 bits per heavy atom. The third-order valence-corrected chi connectivity index (χ3v) is 5.68. The molecule has 0 bridgehead atoms. The molecule has 2 fully saturated rings. The number of furan rings is 1. The van der Waals surface area contributed by atoms with Crippen LogP contribution in [-0.2, 0) is 11.3 Å². The van der Waals surface area contributed by atoms with Gasteiger partial charge >= 0.3 is 0 Å². The zero-order chi connectivity index (χ0) is 17.3. The SMILES string of the molecule is COc1ccccc1NC(=O)C1CC12CCN(Cc1ccco1)CC2. The van der Waals surface area contributed by atoms with Gasteiger partial charge in [0, 0.05) is 5.92 Å². The van der Waals surface area contributed by atoms with E-state index in [9.17, 15) is 4.79 Å². The Labute approximate surface area is 148 Å². The summed E-state index contributed by atoms with van der Waals surface area (Å²) >= 11 is 0. The van der Waals surface area contributed by atoms with E-state index >= 15 is 0 Å². The van der Waals surface area contributed by atoms with Gasteiger partial charge in [0.15, 0.2) is 0 Å². The maximum absolute atomic E-state index is 12.7. The van der Waals surface area contributed by atoms with E-state index in [2.05, 4.69) is 10.2 Å². The number of para-hydroxylation sites is 2. The Balaban J connectivity index is 1.32. The van der Waals surface area contributed by atoms with E-state index in [1.54, 1.807) is 13.4 Å². The summed E-state index contributed by atoms with van der Waals surface area (Å²) in [5.74, 6) is 1.98. The van der Waals surface area contributed by atoms with E-state index in [1.165, 1.54) is 0 Å². The van der Waals surface area contributed by atoms with Crippen LogP contribution in [0.5, 0.6) is 5.75 Å². The molecule has 4 rings (SSSR count). The average molecular weight is 340 g/mol. The van der Waals surface area contributed by atoms with Gasteiger partial charge in [-0.25, -0.2) is 0 Å². The summed E-state index contributed by atoms with van der Waals surface area (Å²) in [5, 5.41) is 3.05. The minimum absolute atomic E-state index is 0.128. The van der Waals surface area contributed by atoms with Crippen molar-refractivity contribution in [3.05, 3.63) is 48.4 Å². The summed E-state index contributed by atoms with van der Waals surface area (Å²) in [6.07, 6.45) is 4.89. The van der Waals surface area contributed by atoms with Crippen molar-refractivity contribution in [3.63, 3.8) is 0 Å². The number of likely N-dealkylation sites (tertiary alicyclic amines) is 1. The third-order valence-electron chi connectivity index (χ3n) is 5.68. The van der Waals surface area contributed by atoms with Crippen LogP contribution in [0.1, 0.15) is 25.0 Å². The topological polar surface area (TPSA) is 54.7 Å². The first kappa shape index (κ1) is 16.2. The van der Waals surface area contributed by atoms with Crippen molar-refractivity contribution in [2.24, 2.45) is 11.3 Å². The van der Waals surface area contributed by atoms with E-state index in [4.69, 9.17) is 9.15 Å². The van der Waals surface area contributed by atoms with E-state index in [0.717, 1.165) is 50.3 Å². The van der Waals surface area contributed by atoms with Crippen molar-refractivity contribution < 1.29 is 13.9 Å². The summed E-state index contributed by atoms with van der Waals surface area (Å²) in [6, 6.07) is 11.5. The maximum Gasteiger partial charge on any atom is 0.228 e. The van der Waals surface area contributed by atoms with Crippen LogP contribution in [0, 0.1) is 11.3 Å². The van der Waals surface area contributed by atoms with E-state index < -0.39 is 0 Å². The zero-order valence-corrected chi connectivity index (χ0v) is 14.5. The van der Waals surface area contributed by atoms with Gasteiger partial charge in [-0.3, -0.25) is 9.69 Å². The number of nitrogens with one attached hydrogen (secondary N) is 1. The highest BCUT2D eigenvalue weighted by Gasteiger charge is 2.58. The molecule has 1 unspecified atom stereocenters. The van der Waals surface area contributed by atoms with Crippen LogP contribution in [0.25, 0.3) is 0 Å². The van der Waals surface area contributed by atoms with Crippen LogP contribution in [0.2, 0.25) is 0 Å². The minimum atomic E-state index is 0.128. The lowest BCUT2D eigenvalue weighted by Crippen LogP contribution is -2.35. The molecule has 2 aromatic rings. The minimum Gasteiger partial charge on any atom is -0.495 e. The molecule has 1 aromatic heterocycles. The maximum atomic E-state index is 12.7. The number of benzene rings is 1. The molecule has 1 N–H and O–H groups in total. The number of hydrogen-bond acceptors (Lipinski definition) is 4. The summed E-state index contributed by atoms with van der Waals surface area (Å²) in [6.45, 7) is 2.92. The molecule has 1 aliphatic heterocycles. The van der Waals surface area contributed by atoms with E-state index in [1.807, 2.05) is 36.4 Å². The van der Waals surface area contributed by atoms with Gasteiger partial charge in [0.1, 0.15) is 11.5 Å². The van der Waals surface area contributed by atoms with Crippen LogP contribution >= 0.6 is 0 Å². The largest absolute Gasteiger partial charge is 0.495 e. The van der Waals surface area contributed by atoms with Gasteiger partial charge in [-0.1, -0.05) is 12.1 Å². The van der Waals surface area contributed by atoms with E-state index in [0.29, 0.717) is 5.75 Å². The average Bonchev–Trinajstić information content (AvgIpc) is 3.08. The molecular formula is C20H24N2O3. The molecule has 5 heteroatoms. The molecule has 1 atom stereocenters. The first-order chi connectivity index (χ1) is 12.2. The summed E-state index contributed by atoms with van der Waals surface area (Å²) in [5.41, 5.74) is 0.957. The molecule has 25 heavy (non-hydrogen) atoms. The van der Waals surface area contributed by atoms with Gasteiger partial charge in [-0.15, -0.1) is 0 Å². The number of carbonyl (C=O) groups is 1. The number of methoxy groups -OCH3 is 1. The number of nitrogens with zero attached hydrogens (tertiary/aromatic N) is 1. The highest BCUT2D eigenvalue weighted by atomic mass is 16.5. The Hall–Kier alpha value is -2.27. The monoisotopic (exact) mass is 340 g/mol. The van der Waals surface area contributed by atoms with Gasteiger partial charge in [0.2, 0.25) is 5.91 Å². The first-order valence-corrected chi connectivity index (χ1v) is 8.89. The fraction of sp³-hybridized carbons (Fsp3) is 0.450. The van der Waals surface area contributed by atoms with Crippen molar-refractivity contribution in [1.82, 2.24) is 4.90 Å². The quantitative estimate of drug-likeness (QED) is 0.905. The molecule has 1 aliphatic carbocycles. The second-order valence-electron chi connectivity index (χ2n) is 7.16. The number of ether oxygens (including phenoxy) is 1. The molecule has 132 valence electrons. The van der Waals surface area contributed by atoms with E-state index in [-0.39, 0.29) is 17.2 Å². The second kappa shape index (κ2) is 6.56. The number of carbonyl (C=O) groups excluding carboxylic acids is 1. The highest BCUT2D eigenvalue weighted by molar-refractivity contribution is 5.96. The van der Waals surface area contributed by atoms with Crippen LogP contribution in [-0.4, -0.2) is 31.0 Å². The molecule has 2 heterocycles. The fourth-order valence-corrected chi connectivity index (χ4v) is 4.02. The molecule has 1 saturated heterocycles. The van der Waals surface area contributed by atoms with Crippen molar-refractivity contribution in [2.75, 3.05) is 25.5 Å². The predicted molar refractivity (Wildman–Crippen MR) is 95.4 cm³/mol. The highest BCUT2D eigenvalue weighted by Crippen LogP contribution is 2.59. The normalized spacial score (nSPS) is 21.9. The van der Waals surface area contributed by atoms with Crippen molar-refractivity contribution in [3.8, 4) is 5.75 Å². The predicted octanol–water partition coefficient (Wildman–Crippen LogP) is 3.53. The van der Waals surface area contributed by atoms with Gasteiger partial charge in [0.25, 0.3) is 0 Å². The summed E-state index contributed by atoms with van der Waals surface area (Å²) in [7, 11) is 1.62. The lowest BCUT2D eigenvalue weighted by atomic mass is 9.90. The standard InChI is InChI=1S/C20H24N2O3/c1-24-18-7-3-2-6-17(18)21-19(23)16-13-20(16)8-10-22(11-9-20)14-15-5-4-12-25-15/h2-7,12,16H,8-11,13-14H2,1H3,(H,21,23). The Bertz CT molecular complexity index is 733. The molecular weight excluding hydrogens is 316 g/mol. The Kier molecular flexibility index (Phi) is 4.25. The summed E-state index contributed by atoms with van der Waals surface area (Å²) < 4.78 is 10.8. The smallest absolute Gasteiger partial charge is 0.228 e. The molecule has 1 aromatic carbocycles. The molecule has 1 amide bonds. The van der Waals surface area contributed by atoms with Crippen molar-refractivity contribution in [1.29, 1.82) is 0 Å². The van der Waals surface area contributed by atoms with Gasteiger partial charge in [-0.05, 0) is 62.0 Å². The molecule has 2 aliphatic rings. The van der Waals surface area contributed by atoms with Gasteiger partial charge in [-0.2, -0.15) is 0 Å². The fourth-order valence-electron chi connectivity index (χ4n) is 4.02. The summed E-state index contributed by atoms with van der Waals surface area (Å²) in [4.78, 5) is 15.1. The molecule has 1 saturated carbocycles. The van der Waals surface area contributed by atoms with Crippen LogP contribution in [0.4, 0.5) is 5.69 Å². The molecule has 1 spiro atoms. The lowest BCUT2D eigenvalue weighted by molar-refractivity contribution is -0.118. The molecule has 5 nitrogen and oxygen atoms in total. The van der Waals surface area contributed by atoms with Gasteiger partial charge < -0.3 is 14.5 Å². The van der Waals surface area contributed by atoms with Crippen molar-refractivity contribution in [2.45, 2.75) is 25.8 Å². The first-order valence-electron chi connectivity index (χ1n) is 8.89. The third kappa shape index (κ3) is 3.29. The zero-order valence-electron chi connectivity index (χ0n) is 14.5. The number of anilines is 1. The van der Waals surface area contributed by atoms with Gasteiger partial charge in [0.05, 0.1) is 25.6 Å². The molecule has 0 radical (unpaired) electrons. The Morgan fingerprint density at radius 2 is 2.08 bits per heavy atom. The second-order valence-corrected chi connectivity index (χ2v) is 7.16. The Morgan fingerprint density at radius 1 is 1.28 bits per heavy atom. The van der Waals surface area contributed by atoms with Crippen LogP contribution < -0.4 is 10.1 Å². The number of rotatable bonds is 5. The van der Waals surface area contributed by atoms with Crippen LogP contribution in [0.15, 0.2) is 47.1 Å². The van der Waals surface area contributed by atoms with Crippen LogP contribution in [0.3, 0.4) is 0 Å². The van der Waals surface area contributed by atoms with Crippen molar-refractivity contribution >= 4 is 11.6 Å².